The molecule has 2 heterocycles. The average Bonchev–Trinajstić information content (AvgIpc) is 2.97. The predicted molar refractivity (Wildman–Crippen MR) is 94.0 cm³/mol. The fourth-order valence-corrected chi connectivity index (χ4v) is 2.79. The highest BCUT2D eigenvalue weighted by atomic mass is 35.5. The number of hydrogen-bond donors (Lipinski definition) is 1. The molecule has 1 amide bonds. The maximum atomic E-state index is 12.5. The third-order valence-electron chi connectivity index (χ3n) is 3.39. The standard InChI is InChI=1S/C16H14Cl2N6O/c1-9-6-11(8-12(17)7-9)14(25)21-10(2)13-22-15(18)23-24(13)16-19-4-3-5-20-16/h3-8,10H,1-2H3,(H,21,25). The molecule has 0 radical (unpaired) electrons. The van der Waals surface area contributed by atoms with E-state index in [1.165, 1.54) is 4.68 Å². The third-order valence-corrected chi connectivity index (χ3v) is 3.77. The Bertz CT molecular complexity index is 892. The minimum atomic E-state index is -0.476. The normalized spacial score (nSPS) is 12.0. The van der Waals surface area contributed by atoms with Gasteiger partial charge in [-0.3, -0.25) is 4.79 Å². The van der Waals surface area contributed by atoms with Gasteiger partial charge in [-0.2, -0.15) is 9.67 Å². The Kier molecular flexibility index (Phi) is 4.96. The maximum Gasteiger partial charge on any atom is 0.252 e. The second-order valence-electron chi connectivity index (χ2n) is 5.41. The highest BCUT2D eigenvalue weighted by Crippen LogP contribution is 2.18. The van der Waals surface area contributed by atoms with Gasteiger partial charge in [-0.25, -0.2) is 9.97 Å². The van der Waals surface area contributed by atoms with Gasteiger partial charge in [0.1, 0.15) is 0 Å². The van der Waals surface area contributed by atoms with E-state index in [9.17, 15) is 4.79 Å². The molecule has 3 rings (SSSR count). The summed E-state index contributed by atoms with van der Waals surface area (Å²) in [5.74, 6) is 0.456. The molecule has 128 valence electrons. The van der Waals surface area contributed by atoms with Crippen molar-refractivity contribution in [1.82, 2.24) is 30.0 Å². The fourth-order valence-electron chi connectivity index (χ4n) is 2.34. The number of carbonyl (C=O) groups is 1. The minimum Gasteiger partial charge on any atom is -0.342 e. The van der Waals surface area contributed by atoms with Gasteiger partial charge in [-0.15, -0.1) is 5.10 Å². The molecule has 1 N–H and O–H groups in total. The summed E-state index contributed by atoms with van der Waals surface area (Å²) in [5, 5.41) is 7.48. The molecule has 0 aliphatic heterocycles. The Labute approximate surface area is 154 Å². The van der Waals surface area contributed by atoms with Gasteiger partial charge in [0.05, 0.1) is 6.04 Å². The molecule has 0 spiro atoms. The first-order valence-corrected chi connectivity index (χ1v) is 8.17. The molecular formula is C16H14Cl2N6O. The van der Waals surface area contributed by atoms with Crippen molar-refractivity contribution in [3.63, 3.8) is 0 Å². The van der Waals surface area contributed by atoms with Crippen LogP contribution in [0.2, 0.25) is 10.3 Å². The number of halogens is 2. The van der Waals surface area contributed by atoms with Crippen LogP contribution in [0.1, 0.15) is 34.7 Å². The van der Waals surface area contributed by atoms with Gasteiger partial charge in [0.2, 0.25) is 5.28 Å². The van der Waals surface area contributed by atoms with Gasteiger partial charge in [0.25, 0.3) is 11.9 Å². The zero-order valence-corrected chi connectivity index (χ0v) is 15.0. The van der Waals surface area contributed by atoms with Gasteiger partial charge >= 0.3 is 0 Å². The van der Waals surface area contributed by atoms with E-state index in [1.54, 1.807) is 43.6 Å². The van der Waals surface area contributed by atoms with E-state index in [1.807, 2.05) is 6.92 Å². The Morgan fingerprint density at radius 1 is 1.20 bits per heavy atom. The van der Waals surface area contributed by atoms with E-state index in [4.69, 9.17) is 23.2 Å². The number of nitrogens with zero attached hydrogens (tertiary/aromatic N) is 5. The molecule has 0 aliphatic rings. The van der Waals surface area contributed by atoms with Crippen molar-refractivity contribution in [1.29, 1.82) is 0 Å². The van der Waals surface area contributed by atoms with Crippen LogP contribution in [0.25, 0.3) is 5.95 Å². The molecule has 0 saturated carbocycles. The lowest BCUT2D eigenvalue weighted by Crippen LogP contribution is -2.29. The van der Waals surface area contributed by atoms with Crippen LogP contribution in [0.5, 0.6) is 0 Å². The summed E-state index contributed by atoms with van der Waals surface area (Å²) in [4.78, 5) is 24.9. The van der Waals surface area contributed by atoms with Crippen molar-refractivity contribution in [2.75, 3.05) is 0 Å². The van der Waals surface area contributed by atoms with E-state index in [0.29, 0.717) is 22.4 Å². The van der Waals surface area contributed by atoms with Gasteiger partial charge < -0.3 is 5.32 Å². The summed E-state index contributed by atoms with van der Waals surface area (Å²) in [6.07, 6.45) is 3.17. The lowest BCUT2D eigenvalue weighted by Gasteiger charge is -2.14. The molecule has 0 saturated heterocycles. The van der Waals surface area contributed by atoms with Crippen molar-refractivity contribution in [3.8, 4) is 5.95 Å². The average molecular weight is 377 g/mol. The predicted octanol–water partition coefficient (Wildman–Crippen LogP) is 3.16. The largest absolute Gasteiger partial charge is 0.342 e. The summed E-state index contributed by atoms with van der Waals surface area (Å²) in [6.45, 7) is 3.64. The maximum absolute atomic E-state index is 12.5. The highest BCUT2D eigenvalue weighted by molar-refractivity contribution is 6.31. The second kappa shape index (κ2) is 7.16. The lowest BCUT2D eigenvalue weighted by molar-refractivity contribution is 0.0937. The molecule has 0 bridgehead atoms. The number of nitrogens with one attached hydrogen (secondary N) is 1. The van der Waals surface area contributed by atoms with E-state index in [-0.39, 0.29) is 11.2 Å². The summed E-state index contributed by atoms with van der Waals surface area (Å²) < 4.78 is 1.40. The van der Waals surface area contributed by atoms with Crippen LogP contribution < -0.4 is 5.32 Å². The topological polar surface area (TPSA) is 85.6 Å². The Morgan fingerprint density at radius 2 is 1.92 bits per heavy atom. The van der Waals surface area contributed by atoms with Crippen molar-refractivity contribution in [2.45, 2.75) is 19.9 Å². The molecule has 9 heteroatoms. The van der Waals surface area contributed by atoms with Crippen LogP contribution in [0.15, 0.2) is 36.7 Å². The van der Waals surface area contributed by atoms with Crippen LogP contribution in [0, 0.1) is 6.92 Å². The molecule has 1 unspecified atom stereocenters. The SMILES string of the molecule is Cc1cc(Cl)cc(C(=O)NC(C)c2nc(Cl)nn2-c2ncccn2)c1. The fraction of sp³-hybridized carbons (Fsp3) is 0.188. The van der Waals surface area contributed by atoms with E-state index < -0.39 is 6.04 Å². The monoisotopic (exact) mass is 376 g/mol. The number of amides is 1. The summed E-state index contributed by atoms with van der Waals surface area (Å²) in [7, 11) is 0. The van der Waals surface area contributed by atoms with Crippen molar-refractivity contribution < 1.29 is 4.79 Å². The zero-order valence-electron chi connectivity index (χ0n) is 13.4. The van der Waals surface area contributed by atoms with Crippen LogP contribution in [0.3, 0.4) is 0 Å². The lowest BCUT2D eigenvalue weighted by atomic mass is 10.1. The van der Waals surface area contributed by atoms with E-state index in [2.05, 4.69) is 25.4 Å². The summed E-state index contributed by atoms with van der Waals surface area (Å²) >= 11 is 11.9. The summed E-state index contributed by atoms with van der Waals surface area (Å²) in [6, 6.07) is 6.36. The number of hydrogen-bond acceptors (Lipinski definition) is 5. The molecule has 1 atom stereocenters. The molecule has 25 heavy (non-hydrogen) atoms. The first-order valence-electron chi connectivity index (χ1n) is 7.42. The third kappa shape index (κ3) is 3.94. The molecule has 3 aromatic rings. The molecule has 0 fully saturated rings. The van der Waals surface area contributed by atoms with Crippen molar-refractivity contribution in [3.05, 3.63) is 63.9 Å². The highest BCUT2D eigenvalue weighted by Gasteiger charge is 2.21. The first kappa shape index (κ1) is 17.3. The van der Waals surface area contributed by atoms with E-state index in [0.717, 1.165) is 5.56 Å². The van der Waals surface area contributed by atoms with Crippen LogP contribution in [-0.2, 0) is 0 Å². The Balaban J connectivity index is 1.87. The van der Waals surface area contributed by atoms with Gasteiger partial charge in [-0.05, 0) is 55.3 Å². The number of rotatable bonds is 4. The van der Waals surface area contributed by atoms with Crippen molar-refractivity contribution in [2.24, 2.45) is 0 Å². The summed E-state index contributed by atoms with van der Waals surface area (Å²) in [5.41, 5.74) is 1.36. The zero-order chi connectivity index (χ0) is 18.0. The Morgan fingerprint density at radius 3 is 2.60 bits per heavy atom. The molecule has 2 aromatic heterocycles. The number of carbonyl (C=O) groups excluding carboxylic acids is 1. The molecular weight excluding hydrogens is 363 g/mol. The van der Waals surface area contributed by atoms with Gasteiger partial charge in [0.15, 0.2) is 5.82 Å². The number of aromatic nitrogens is 5. The Hall–Kier alpha value is -2.51. The molecule has 1 aromatic carbocycles. The van der Waals surface area contributed by atoms with Crippen molar-refractivity contribution >= 4 is 29.1 Å². The molecule has 0 aliphatic carbocycles. The van der Waals surface area contributed by atoms with Gasteiger partial charge in [0, 0.05) is 23.0 Å². The first-order chi connectivity index (χ1) is 11.9. The number of aryl methyl sites for hydroxylation is 1. The molecule has 7 nitrogen and oxygen atoms in total. The van der Waals surface area contributed by atoms with Gasteiger partial charge in [-0.1, -0.05) is 11.6 Å². The minimum absolute atomic E-state index is 0.0437. The van der Waals surface area contributed by atoms with Crippen LogP contribution in [-0.4, -0.2) is 30.6 Å². The number of benzene rings is 1. The van der Waals surface area contributed by atoms with E-state index >= 15 is 0 Å². The smallest absolute Gasteiger partial charge is 0.252 e. The second-order valence-corrected chi connectivity index (χ2v) is 6.19. The van der Waals surface area contributed by atoms with Crippen LogP contribution >= 0.6 is 23.2 Å². The van der Waals surface area contributed by atoms with Crippen LogP contribution in [0.4, 0.5) is 0 Å². The quantitative estimate of drug-likeness (QED) is 0.755.